The SMILES string of the molecule is CCNC(=NCc1cccc(COC2CCOCC2)c1)NC1CCC(=O)N(C)C1. The van der Waals surface area contributed by atoms with Crippen LogP contribution in [0.15, 0.2) is 29.3 Å². The number of carbonyl (C=O) groups is 1. The molecule has 0 saturated carbocycles. The maximum Gasteiger partial charge on any atom is 0.222 e. The lowest BCUT2D eigenvalue weighted by molar-refractivity contribution is -0.132. The first-order valence-electron chi connectivity index (χ1n) is 10.7. The minimum Gasteiger partial charge on any atom is -0.381 e. The molecule has 1 atom stereocenters. The van der Waals surface area contributed by atoms with Crippen LogP contribution in [0.1, 0.15) is 43.7 Å². The third kappa shape index (κ3) is 7.01. The summed E-state index contributed by atoms with van der Waals surface area (Å²) in [5, 5.41) is 6.78. The van der Waals surface area contributed by atoms with E-state index in [4.69, 9.17) is 14.5 Å². The van der Waals surface area contributed by atoms with Gasteiger partial charge in [-0.2, -0.15) is 0 Å². The van der Waals surface area contributed by atoms with Gasteiger partial charge in [-0.1, -0.05) is 24.3 Å². The molecule has 1 aromatic rings. The molecule has 7 nitrogen and oxygen atoms in total. The van der Waals surface area contributed by atoms with Gasteiger partial charge in [0.2, 0.25) is 5.91 Å². The summed E-state index contributed by atoms with van der Waals surface area (Å²) >= 11 is 0. The number of hydrogen-bond donors (Lipinski definition) is 2. The van der Waals surface area contributed by atoms with Gasteiger partial charge in [-0.15, -0.1) is 0 Å². The molecule has 0 radical (unpaired) electrons. The van der Waals surface area contributed by atoms with Crippen molar-refractivity contribution in [2.45, 2.75) is 57.9 Å². The predicted molar refractivity (Wildman–Crippen MR) is 114 cm³/mol. The van der Waals surface area contributed by atoms with Crippen LogP contribution in [0.3, 0.4) is 0 Å². The van der Waals surface area contributed by atoms with Crippen molar-refractivity contribution < 1.29 is 14.3 Å². The average Bonchev–Trinajstić information content (AvgIpc) is 2.74. The van der Waals surface area contributed by atoms with Crippen molar-refractivity contribution >= 4 is 11.9 Å². The standard InChI is InChI=1S/C22H34N4O3/c1-3-23-22(25-19-7-8-21(27)26(2)15-19)24-14-17-5-4-6-18(13-17)16-29-20-9-11-28-12-10-20/h4-6,13,19-20H,3,7-12,14-16H2,1-2H3,(H2,23,24,25). The van der Waals surface area contributed by atoms with Crippen molar-refractivity contribution in [3.05, 3.63) is 35.4 Å². The quantitative estimate of drug-likeness (QED) is 0.539. The summed E-state index contributed by atoms with van der Waals surface area (Å²) in [6.07, 6.45) is 3.68. The molecule has 2 fully saturated rings. The van der Waals surface area contributed by atoms with Crippen molar-refractivity contribution in [2.24, 2.45) is 4.99 Å². The van der Waals surface area contributed by atoms with Crippen molar-refractivity contribution in [3.8, 4) is 0 Å². The Bertz CT molecular complexity index is 688. The summed E-state index contributed by atoms with van der Waals surface area (Å²) in [5.74, 6) is 1.01. The zero-order chi connectivity index (χ0) is 20.5. The van der Waals surface area contributed by atoms with Gasteiger partial charge in [-0.05, 0) is 37.3 Å². The molecule has 1 unspecified atom stereocenters. The first kappa shape index (κ1) is 21.6. The van der Waals surface area contributed by atoms with Crippen LogP contribution in [0.4, 0.5) is 0 Å². The zero-order valence-corrected chi connectivity index (χ0v) is 17.7. The summed E-state index contributed by atoms with van der Waals surface area (Å²) < 4.78 is 11.4. The van der Waals surface area contributed by atoms with Crippen LogP contribution in [-0.4, -0.2) is 62.3 Å². The molecular formula is C22H34N4O3. The number of likely N-dealkylation sites (tertiary alicyclic amines) is 1. The maximum atomic E-state index is 11.7. The first-order chi connectivity index (χ1) is 14.1. The Morgan fingerprint density at radius 3 is 2.83 bits per heavy atom. The molecule has 2 aliphatic heterocycles. The number of guanidine groups is 1. The largest absolute Gasteiger partial charge is 0.381 e. The molecule has 2 N–H and O–H groups in total. The van der Waals surface area contributed by atoms with E-state index in [0.717, 1.165) is 50.5 Å². The second kappa shape index (κ2) is 11.2. The molecule has 3 rings (SSSR count). The Morgan fingerprint density at radius 1 is 1.28 bits per heavy atom. The van der Waals surface area contributed by atoms with Crippen LogP contribution < -0.4 is 10.6 Å². The number of rotatable bonds is 7. The molecule has 0 aliphatic carbocycles. The van der Waals surface area contributed by atoms with Gasteiger partial charge in [-0.3, -0.25) is 4.79 Å². The number of nitrogens with one attached hydrogen (secondary N) is 2. The first-order valence-corrected chi connectivity index (χ1v) is 10.7. The number of aliphatic imine (C=N–C) groups is 1. The van der Waals surface area contributed by atoms with E-state index < -0.39 is 0 Å². The summed E-state index contributed by atoms with van der Waals surface area (Å²) in [4.78, 5) is 18.2. The monoisotopic (exact) mass is 402 g/mol. The lowest BCUT2D eigenvalue weighted by Crippen LogP contribution is -2.51. The topological polar surface area (TPSA) is 75.2 Å². The molecule has 2 heterocycles. The lowest BCUT2D eigenvalue weighted by Gasteiger charge is -2.31. The van der Waals surface area contributed by atoms with Crippen molar-refractivity contribution in [1.82, 2.24) is 15.5 Å². The third-order valence-corrected chi connectivity index (χ3v) is 5.38. The van der Waals surface area contributed by atoms with Gasteiger partial charge in [0.05, 0.1) is 19.3 Å². The van der Waals surface area contributed by atoms with Crippen LogP contribution >= 0.6 is 0 Å². The van der Waals surface area contributed by atoms with Gasteiger partial charge in [-0.25, -0.2) is 4.99 Å². The second-order valence-corrected chi connectivity index (χ2v) is 7.79. The molecule has 29 heavy (non-hydrogen) atoms. The number of carbonyl (C=O) groups excluding carboxylic acids is 1. The van der Waals surface area contributed by atoms with Crippen LogP contribution in [0.2, 0.25) is 0 Å². The number of amides is 1. The summed E-state index contributed by atoms with van der Waals surface area (Å²) in [6, 6.07) is 8.66. The van der Waals surface area contributed by atoms with E-state index in [1.807, 2.05) is 7.05 Å². The Kier molecular flexibility index (Phi) is 8.31. The molecule has 1 amide bonds. The highest BCUT2D eigenvalue weighted by molar-refractivity contribution is 5.81. The number of benzene rings is 1. The zero-order valence-electron chi connectivity index (χ0n) is 17.7. The van der Waals surface area contributed by atoms with Gasteiger partial charge in [0.15, 0.2) is 5.96 Å². The highest BCUT2D eigenvalue weighted by atomic mass is 16.5. The molecule has 7 heteroatoms. The van der Waals surface area contributed by atoms with E-state index in [2.05, 4.69) is 41.8 Å². The lowest BCUT2D eigenvalue weighted by atomic mass is 10.1. The van der Waals surface area contributed by atoms with E-state index in [9.17, 15) is 4.79 Å². The highest BCUT2D eigenvalue weighted by Crippen LogP contribution is 2.15. The Hall–Kier alpha value is -2.12. The Labute approximate surface area is 173 Å². The van der Waals surface area contributed by atoms with Gasteiger partial charge >= 0.3 is 0 Å². The highest BCUT2D eigenvalue weighted by Gasteiger charge is 2.23. The number of nitrogens with zero attached hydrogens (tertiary/aromatic N) is 2. The van der Waals surface area contributed by atoms with Crippen LogP contribution in [0.25, 0.3) is 0 Å². The Morgan fingerprint density at radius 2 is 2.07 bits per heavy atom. The van der Waals surface area contributed by atoms with Gasteiger partial charge in [0.25, 0.3) is 0 Å². The molecule has 0 aromatic heterocycles. The summed E-state index contributed by atoms with van der Waals surface area (Å²) in [7, 11) is 1.86. The summed E-state index contributed by atoms with van der Waals surface area (Å²) in [5.41, 5.74) is 2.33. The molecule has 0 bridgehead atoms. The number of piperidine rings is 1. The van der Waals surface area contributed by atoms with E-state index in [0.29, 0.717) is 32.2 Å². The average molecular weight is 403 g/mol. The normalized spacial score (nSPS) is 21.3. The minimum absolute atomic E-state index is 0.213. The van der Waals surface area contributed by atoms with E-state index >= 15 is 0 Å². The predicted octanol–water partition coefficient (Wildman–Crippen LogP) is 2.06. The van der Waals surface area contributed by atoms with E-state index in [1.54, 1.807) is 4.90 Å². The Balaban J connectivity index is 1.53. The molecule has 0 spiro atoms. The summed E-state index contributed by atoms with van der Waals surface area (Å²) in [6.45, 7) is 6.39. The fourth-order valence-corrected chi connectivity index (χ4v) is 3.69. The molecule has 2 saturated heterocycles. The van der Waals surface area contributed by atoms with E-state index in [1.165, 1.54) is 5.56 Å². The van der Waals surface area contributed by atoms with Crippen LogP contribution in [0.5, 0.6) is 0 Å². The number of likely N-dealkylation sites (N-methyl/N-ethyl adjacent to an activating group) is 1. The van der Waals surface area contributed by atoms with E-state index in [-0.39, 0.29) is 11.9 Å². The smallest absolute Gasteiger partial charge is 0.222 e. The second-order valence-electron chi connectivity index (χ2n) is 7.79. The minimum atomic E-state index is 0.213. The number of hydrogen-bond acceptors (Lipinski definition) is 4. The molecule has 2 aliphatic rings. The molecule has 1 aromatic carbocycles. The van der Waals surface area contributed by atoms with Crippen LogP contribution in [-0.2, 0) is 27.4 Å². The van der Waals surface area contributed by atoms with Gasteiger partial charge in [0.1, 0.15) is 0 Å². The molecule has 160 valence electrons. The fourth-order valence-electron chi connectivity index (χ4n) is 3.69. The fraction of sp³-hybridized carbons (Fsp3) is 0.636. The van der Waals surface area contributed by atoms with Crippen LogP contribution in [0, 0.1) is 0 Å². The number of ether oxygens (including phenoxy) is 2. The molecular weight excluding hydrogens is 368 g/mol. The third-order valence-electron chi connectivity index (χ3n) is 5.38. The van der Waals surface area contributed by atoms with Crippen molar-refractivity contribution in [2.75, 3.05) is 33.4 Å². The van der Waals surface area contributed by atoms with Crippen molar-refractivity contribution in [1.29, 1.82) is 0 Å². The van der Waals surface area contributed by atoms with Gasteiger partial charge < -0.3 is 25.0 Å². The van der Waals surface area contributed by atoms with Crippen molar-refractivity contribution in [3.63, 3.8) is 0 Å². The maximum absolute atomic E-state index is 11.7. The van der Waals surface area contributed by atoms with Gasteiger partial charge in [0, 0.05) is 45.8 Å².